The van der Waals surface area contributed by atoms with E-state index >= 15 is 0 Å². The summed E-state index contributed by atoms with van der Waals surface area (Å²) in [5.74, 6) is -2.35. The number of hydrogen-bond acceptors (Lipinski definition) is 8. The van der Waals surface area contributed by atoms with Crippen LogP contribution in [-0.2, 0) is 42.2 Å². The molecular weight excluding hydrogens is 434 g/mol. The molecule has 2 aromatic rings. The number of aliphatic carboxylic acids is 1. The molecule has 4 rings (SSSR count). The van der Waals surface area contributed by atoms with E-state index in [1.165, 1.54) is 0 Å². The molecule has 2 aliphatic rings. The molecule has 0 unspecified atom stereocenters. The van der Waals surface area contributed by atoms with Crippen molar-refractivity contribution in [1.29, 1.82) is 0 Å². The van der Waals surface area contributed by atoms with E-state index in [1.54, 1.807) is 0 Å². The Morgan fingerprint density at radius 3 is 2.61 bits per heavy atom. The van der Waals surface area contributed by atoms with Crippen LogP contribution in [0.3, 0.4) is 0 Å². The maximum absolute atomic E-state index is 12.9. The summed E-state index contributed by atoms with van der Waals surface area (Å²) in [4.78, 5) is 27.7. The van der Waals surface area contributed by atoms with Gasteiger partial charge in [0.25, 0.3) is 0 Å². The summed E-state index contributed by atoms with van der Waals surface area (Å²) >= 11 is 0. The van der Waals surface area contributed by atoms with Gasteiger partial charge in [-0.05, 0) is 30.4 Å². The number of carbonyl (C=O) groups is 2. The zero-order valence-corrected chi connectivity index (χ0v) is 18.5. The molecule has 0 aliphatic carbocycles. The maximum atomic E-state index is 12.9. The topological polar surface area (TPSA) is 159 Å². The van der Waals surface area contributed by atoms with Gasteiger partial charge in [0.15, 0.2) is 6.10 Å². The van der Waals surface area contributed by atoms with Gasteiger partial charge >= 0.3 is 11.9 Å². The number of carboxylic acids is 1. The Labute approximate surface area is 190 Å². The minimum Gasteiger partial charge on any atom is -0.479 e. The molecule has 33 heavy (non-hydrogen) atoms. The van der Waals surface area contributed by atoms with Crippen molar-refractivity contribution in [3.8, 4) is 0 Å². The Hall–Kier alpha value is -2.50. The van der Waals surface area contributed by atoms with Gasteiger partial charge in [0, 0.05) is 10.9 Å². The third-order valence-corrected chi connectivity index (χ3v) is 6.66. The molecule has 1 aromatic heterocycles. The van der Waals surface area contributed by atoms with E-state index in [4.69, 9.17) is 14.2 Å². The van der Waals surface area contributed by atoms with Crippen LogP contribution in [0, 0.1) is 0 Å². The van der Waals surface area contributed by atoms with E-state index in [2.05, 4.69) is 11.9 Å². The number of H-pyrrole nitrogens is 1. The molecule has 10 nitrogen and oxygen atoms in total. The fourth-order valence-electron chi connectivity index (χ4n) is 4.80. The Morgan fingerprint density at radius 2 is 1.94 bits per heavy atom. The summed E-state index contributed by atoms with van der Waals surface area (Å²) in [6.07, 6.45) is -7.34. The fraction of sp³-hybridized carbons (Fsp3) is 0.565. The number of rotatable bonds is 6. The highest BCUT2D eigenvalue weighted by Crippen LogP contribution is 2.42. The summed E-state index contributed by atoms with van der Waals surface area (Å²) in [7, 11) is 0. The molecule has 1 saturated heterocycles. The number of hydrogen-bond donors (Lipinski definition) is 5. The van der Waals surface area contributed by atoms with Crippen LogP contribution >= 0.6 is 0 Å². The van der Waals surface area contributed by atoms with Gasteiger partial charge in [-0.1, -0.05) is 32.0 Å². The third-order valence-electron chi connectivity index (χ3n) is 6.66. The molecule has 0 saturated carbocycles. The van der Waals surface area contributed by atoms with Crippen LogP contribution in [0.2, 0.25) is 0 Å². The highest BCUT2D eigenvalue weighted by Gasteiger charge is 2.49. The van der Waals surface area contributed by atoms with Crippen molar-refractivity contribution >= 4 is 22.8 Å². The molecule has 180 valence electrons. The predicted molar refractivity (Wildman–Crippen MR) is 114 cm³/mol. The number of carboxylic acid groups (broad SMARTS) is 1. The molecule has 0 bridgehead atoms. The number of fused-ring (bicyclic) bond motifs is 3. The lowest BCUT2D eigenvalue weighted by Gasteiger charge is -2.39. The fourth-order valence-corrected chi connectivity index (χ4v) is 4.80. The van der Waals surface area contributed by atoms with Gasteiger partial charge in [-0.2, -0.15) is 0 Å². The summed E-state index contributed by atoms with van der Waals surface area (Å²) in [5.41, 5.74) is 3.04. The van der Waals surface area contributed by atoms with Gasteiger partial charge in [-0.25, -0.2) is 4.79 Å². The van der Waals surface area contributed by atoms with Crippen LogP contribution < -0.4 is 0 Å². The molecule has 2 aliphatic heterocycles. The van der Waals surface area contributed by atoms with E-state index in [9.17, 15) is 30.0 Å². The standard InChI is InChI=1S/C23H29NO9/c1-3-11-6-5-7-12-13-8-9-31-23(4-2,20(13)24-15(11)12)10-14(25)32-22-18(28)16(26)17(27)19(33-22)21(29)30/h5-7,16-19,22,24,26-28H,3-4,8-10H2,1-2H3,(H,29,30)/t16-,17-,18+,19-,22+,23-/m1/s1. The molecule has 1 fully saturated rings. The largest absolute Gasteiger partial charge is 0.479 e. The number of carbonyl (C=O) groups excluding carboxylic acids is 1. The Bertz CT molecular complexity index is 1050. The second-order valence-electron chi connectivity index (χ2n) is 8.52. The van der Waals surface area contributed by atoms with Gasteiger partial charge < -0.3 is 39.6 Å². The quantitative estimate of drug-likeness (QED) is 0.389. The monoisotopic (exact) mass is 463 g/mol. The van der Waals surface area contributed by atoms with Crippen LogP contribution in [-0.4, -0.2) is 74.7 Å². The van der Waals surface area contributed by atoms with Crippen molar-refractivity contribution in [3.63, 3.8) is 0 Å². The first kappa shape index (κ1) is 23.7. The number of aromatic amines is 1. The first-order chi connectivity index (χ1) is 15.7. The molecule has 0 amide bonds. The number of aliphatic hydroxyl groups is 3. The van der Waals surface area contributed by atoms with Crippen molar-refractivity contribution in [3.05, 3.63) is 35.0 Å². The van der Waals surface area contributed by atoms with Crippen molar-refractivity contribution in [2.45, 2.75) is 75.8 Å². The SMILES string of the molecule is CCc1cccc2c3c([nH]c12)[C@@](CC)(CC(=O)O[C@H]1O[C@@H](C(=O)O)[C@H](O)[C@@H](O)[C@@H]1O)OCC3. The van der Waals surface area contributed by atoms with Gasteiger partial charge in [0.1, 0.15) is 23.9 Å². The molecule has 10 heteroatoms. The predicted octanol–water partition coefficient (Wildman–Crippen LogP) is 0.734. The van der Waals surface area contributed by atoms with Crippen molar-refractivity contribution in [2.75, 3.05) is 6.61 Å². The number of aromatic nitrogens is 1. The molecule has 3 heterocycles. The second kappa shape index (κ2) is 9.03. The highest BCUT2D eigenvalue weighted by molar-refractivity contribution is 5.88. The van der Waals surface area contributed by atoms with E-state index in [0.29, 0.717) is 19.4 Å². The Kier molecular flexibility index (Phi) is 6.47. The van der Waals surface area contributed by atoms with Crippen LogP contribution in [0.4, 0.5) is 0 Å². The highest BCUT2D eigenvalue weighted by atomic mass is 16.7. The minimum absolute atomic E-state index is 0.215. The third kappa shape index (κ3) is 4.02. The number of para-hydroxylation sites is 1. The number of ether oxygens (including phenoxy) is 3. The lowest BCUT2D eigenvalue weighted by molar-refractivity contribution is -0.287. The van der Waals surface area contributed by atoms with Crippen molar-refractivity contribution in [1.82, 2.24) is 4.98 Å². The van der Waals surface area contributed by atoms with Crippen molar-refractivity contribution in [2.24, 2.45) is 0 Å². The van der Waals surface area contributed by atoms with Gasteiger partial charge in [-0.15, -0.1) is 0 Å². The average Bonchev–Trinajstić information content (AvgIpc) is 3.19. The first-order valence-electron chi connectivity index (χ1n) is 11.1. The molecule has 5 N–H and O–H groups in total. The number of benzene rings is 1. The summed E-state index contributed by atoms with van der Waals surface area (Å²) in [5, 5.41) is 40.2. The number of aryl methyl sites for hydroxylation is 1. The maximum Gasteiger partial charge on any atom is 0.335 e. The summed E-state index contributed by atoms with van der Waals surface area (Å²) < 4.78 is 16.4. The van der Waals surface area contributed by atoms with E-state index < -0.39 is 48.2 Å². The Balaban J connectivity index is 1.60. The van der Waals surface area contributed by atoms with Crippen LogP contribution in [0.1, 0.15) is 43.5 Å². The smallest absolute Gasteiger partial charge is 0.335 e. The van der Waals surface area contributed by atoms with E-state index in [1.807, 2.05) is 25.1 Å². The van der Waals surface area contributed by atoms with Gasteiger partial charge in [0.2, 0.25) is 6.29 Å². The summed E-state index contributed by atoms with van der Waals surface area (Å²) in [6, 6.07) is 6.10. The zero-order chi connectivity index (χ0) is 23.9. The molecule has 0 radical (unpaired) electrons. The van der Waals surface area contributed by atoms with Gasteiger partial charge in [0.05, 0.1) is 18.7 Å². The lowest BCUT2D eigenvalue weighted by Crippen LogP contribution is -2.60. The second-order valence-corrected chi connectivity index (χ2v) is 8.52. The number of nitrogens with one attached hydrogen (secondary N) is 1. The van der Waals surface area contributed by atoms with Crippen LogP contribution in [0.15, 0.2) is 18.2 Å². The van der Waals surface area contributed by atoms with Crippen molar-refractivity contribution < 1.29 is 44.2 Å². The van der Waals surface area contributed by atoms with Crippen LogP contribution in [0.25, 0.3) is 10.9 Å². The minimum atomic E-state index is -1.86. The normalized spacial score (nSPS) is 31.8. The molecular formula is C23H29NO9. The average molecular weight is 463 g/mol. The first-order valence-corrected chi connectivity index (χ1v) is 11.1. The molecule has 0 spiro atoms. The molecule has 1 aromatic carbocycles. The Morgan fingerprint density at radius 1 is 1.18 bits per heavy atom. The zero-order valence-electron chi connectivity index (χ0n) is 18.5. The summed E-state index contributed by atoms with van der Waals surface area (Å²) in [6.45, 7) is 4.37. The van der Waals surface area contributed by atoms with Crippen LogP contribution in [0.5, 0.6) is 0 Å². The van der Waals surface area contributed by atoms with Gasteiger partial charge in [-0.3, -0.25) is 4.79 Å². The molecule has 6 atom stereocenters. The lowest BCUT2D eigenvalue weighted by atomic mass is 9.86. The van der Waals surface area contributed by atoms with E-state index in [-0.39, 0.29) is 6.42 Å². The number of aliphatic hydroxyl groups excluding tert-OH is 3. The van der Waals surface area contributed by atoms with E-state index in [0.717, 1.165) is 34.1 Å². The number of esters is 1.